The van der Waals surface area contributed by atoms with Crippen LogP contribution in [-0.4, -0.2) is 67.8 Å². The lowest BCUT2D eigenvalue weighted by Gasteiger charge is -2.33. The van der Waals surface area contributed by atoms with Crippen LogP contribution in [0.5, 0.6) is 0 Å². The van der Waals surface area contributed by atoms with Gasteiger partial charge in [0.15, 0.2) is 0 Å². The number of nitrogens with one attached hydrogen (secondary N) is 1. The molecule has 0 unspecified atom stereocenters. The Morgan fingerprint density at radius 2 is 1.84 bits per heavy atom. The number of alkyl halides is 3. The summed E-state index contributed by atoms with van der Waals surface area (Å²) in [5.74, 6) is -2.35. The molecule has 0 bridgehead atoms. The lowest BCUT2D eigenvalue weighted by Crippen LogP contribution is -2.43. The Balaban J connectivity index is 1.43. The molecule has 11 nitrogen and oxygen atoms in total. The summed E-state index contributed by atoms with van der Waals surface area (Å²) in [6.45, 7) is 2.89. The van der Waals surface area contributed by atoms with Crippen molar-refractivity contribution in [3.05, 3.63) is 52.7 Å². The van der Waals surface area contributed by atoms with E-state index in [1.807, 2.05) is 0 Å². The van der Waals surface area contributed by atoms with Gasteiger partial charge in [0, 0.05) is 36.9 Å². The summed E-state index contributed by atoms with van der Waals surface area (Å²) in [5, 5.41) is 9.88. The van der Waals surface area contributed by atoms with Gasteiger partial charge in [-0.05, 0) is 68.1 Å². The van der Waals surface area contributed by atoms with Crippen molar-refractivity contribution in [1.29, 1.82) is 5.26 Å². The highest BCUT2D eigenvalue weighted by Gasteiger charge is 2.32. The fraction of sp³-hybridized carbons (Fsp3) is 0.483. The fourth-order valence-corrected chi connectivity index (χ4v) is 6.93. The molecular weight excluding hydrogens is 635 g/mol. The maximum atomic E-state index is 12.9. The lowest BCUT2D eigenvalue weighted by atomic mass is 9.96. The van der Waals surface area contributed by atoms with Crippen LogP contribution in [0.25, 0.3) is 0 Å². The molecule has 3 heterocycles. The summed E-state index contributed by atoms with van der Waals surface area (Å²) in [6, 6.07) is 8.33. The lowest BCUT2D eigenvalue weighted by molar-refractivity contribution is -0.134. The quantitative estimate of drug-likeness (QED) is 0.290. The van der Waals surface area contributed by atoms with Gasteiger partial charge in [-0.25, -0.2) is 18.2 Å². The molecule has 242 valence electrons. The third-order valence-electron chi connectivity index (χ3n) is 7.39. The molecule has 2 aliphatic heterocycles. The van der Waals surface area contributed by atoms with E-state index in [1.165, 1.54) is 30.3 Å². The number of aromatic nitrogens is 1. The van der Waals surface area contributed by atoms with E-state index in [0.717, 1.165) is 12.8 Å². The molecule has 0 atom stereocenters. The van der Waals surface area contributed by atoms with Crippen molar-refractivity contribution in [3.8, 4) is 6.07 Å². The zero-order chi connectivity index (χ0) is 32.8. The number of thioether (sulfide) groups is 1. The van der Waals surface area contributed by atoms with E-state index in [2.05, 4.69) is 15.8 Å². The van der Waals surface area contributed by atoms with Crippen molar-refractivity contribution >= 4 is 45.4 Å². The van der Waals surface area contributed by atoms with Gasteiger partial charge in [-0.3, -0.25) is 14.3 Å². The number of benzene rings is 1. The highest BCUT2D eigenvalue weighted by atomic mass is 32.2. The highest BCUT2D eigenvalue weighted by molar-refractivity contribution is 8.00. The molecule has 0 saturated carbocycles. The number of hydrogen-bond donors (Lipinski definition) is 1. The van der Waals surface area contributed by atoms with Crippen LogP contribution in [0.2, 0.25) is 0 Å². The second-order valence-electron chi connectivity index (χ2n) is 10.6. The Hall–Kier alpha value is -3.84. The maximum Gasteiger partial charge on any atom is 0.446 e. The molecule has 1 N–H and O–H groups in total. The minimum absolute atomic E-state index is 0.0528. The minimum atomic E-state index is -4.47. The number of pyridine rings is 1. The van der Waals surface area contributed by atoms with Gasteiger partial charge in [0.1, 0.15) is 11.9 Å². The smallest absolute Gasteiger partial charge is 0.446 e. The first-order chi connectivity index (χ1) is 21.3. The van der Waals surface area contributed by atoms with E-state index in [1.54, 1.807) is 16.7 Å². The average Bonchev–Trinajstić information content (AvgIpc) is 2.98. The van der Waals surface area contributed by atoms with Crippen molar-refractivity contribution in [2.75, 3.05) is 31.1 Å². The topological polar surface area (TPSA) is 150 Å². The van der Waals surface area contributed by atoms with Gasteiger partial charge in [0.2, 0.25) is 21.8 Å². The van der Waals surface area contributed by atoms with E-state index in [0.29, 0.717) is 24.5 Å². The molecule has 1 aromatic heterocycles. The number of carbonyl (C=O) groups is 3. The molecular formula is C29H32F3N5O6S2. The molecule has 16 heteroatoms. The van der Waals surface area contributed by atoms with E-state index in [9.17, 15) is 41.2 Å². The SMILES string of the molecule is CCOC(=O)c1cc(C#N)c(N2CCC(C(=O)NS(=O)(=O)Cc3ccc(SC(F)(F)F)cc3)CC2)nc1CN1CCCCC1=O. The Kier molecular flexibility index (Phi) is 11.0. The summed E-state index contributed by atoms with van der Waals surface area (Å²) in [7, 11) is -4.12. The largest absolute Gasteiger partial charge is 0.462 e. The zero-order valence-electron chi connectivity index (χ0n) is 24.4. The first-order valence-electron chi connectivity index (χ1n) is 14.3. The Bertz CT molecular complexity index is 1570. The molecule has 2 aliphatic rings. The molecule has 0 radical (unpaired) electrons. The molecule has 0 spiro atoms. The van der Waals surface area contributed by atoms with Crippen LogP contribution in [0.15, 0.2) is 35.2 Å². The number of halogens is 3. The Morgan fingerprint density at radius 1 is 1.16 bits per heavy atom. The number of sulfonamides is 1. The number of ether oxygens (including phenoxy) is 1. The third-order valence-corrected chi connectivity index (χ3v) is 9.36. The van der Waals surface area contributed by atoms with Gasteiger partial charge in [0.25, 0.3) is 0 Å². The number of nitrogens with zero attached hydrogens (tertiary/aromatic N) is 4. The summed E-state index contributed by atoms with van der Waals surface area (Å²) in [6.07, 6.45) is 2.50. The number of piperidine rings is 2. The van der Waals surface area contributed by atoms with Crippen molar-refractivity contribution < 1.29 is 40.7 Å². The summed E-state index contributed by atoms with van der Waals surface area (Å²) < 4.78 is 70.2. The molecule has 1 aromatic carbocycles. The van der Waals surface area contributed by atoms with Crippen LogP contribution < -0.4 is 9.62 Å². The monoisotopic (exact) mass is 667 g/mol. The number of likely N-dealkylation sites (tertiary alicyclic amines) is 1. The van der Waals surface area contributed by atoms with Gasteiger partial charge < -0.3 is 14.5 Å². The summed E-state index contributed by atoms with van der Waals surface area (Å²) in [5.41, 5.74) is -3.72. The van der Waals surface area contributed by atoms with Gasteiger partial charge in [-0.2, -0.15) is 18.4 Å². The first-order valence-corrected chi connectivity index (χ1v) is 16.8. The normalized spacial score (nSPS) is 16.3. The summed E-state index contributed by atoms with van der Waals surface area (Å²) >= 11 is -0.312. The molecule has 4 rings (SSSR count). The van der Waals surface area contributed by atoms with Crippen LogP contribution in [0.4, 0.5) is 19.0 Å². The van der Waals surface area contributed by atoms with Crippen LogP contribution in [0.1, 0.15) is 66.2 Å². The number of carbonyl (C=O) groups excluding carboxylic acids is 3. The van der Waals surface area contributed by atoms with E-state index in [-0.39, 0.29) is 78.3 Å². The van der Waals surface area contributed by atoms with Crippen molar-refractivity contribution in [2.24, 2.45) is 5.92 Å². The fourth-order valence-electron chi connectivity index (χ4n) is 5.21. The number of amides is 2. The third kappa shape index (κ3) is 9.33. The van der Waals surface area contributed by atoms with E-state index < -0.39 is 39.1 Å². The van der Waals surface area contributed by atoms with Crippen LogP contribution >= 0.6 is 11.8 Å². The second-order valence-corrected chi connectivity index (χ2v) is 13.5. The van der Waals surface area contributed by atoms with E-state index >= 15 is 0 Å². The Morgan fingerprint density at radius 3 is 2.44 bits per heavy atom. The molecule has 0 aliphatic carbocycles. The van der Waals surface area contributed by atoms with Crippen LogP contribution in [0.3, 0.4) is 0 Å². The van der Waals surface area contributed by atoms with Gasteiger partial charge in [-0.15, -0.1) is 0 Å². The summed E-state index contributed by atoms with van der Waals surface area (Å²) in [4.78, 5) is 46.1. The molecule has 2 fully saturated rings. The number of esters is 1. The second kappa shape index (κ2) is 14.5. The molecule has 45 heavy (non-hydrogen) atoms. The van der Waals surface area contributed by atoms with Crippen molar-refractivity contribution in [2.45, 2.75) is 61.7 Å². The number of nitriles is 1. The van der Waals surface area contributed by atoms with Crippen LogP contribution in [-0.2, 0) is 36.6 Å². The van der Waals surface area contributed by atoms with E-state index in [4.69, 9.17) is 4.74 Å². The van der Waals surface area contributed by atoms with Gasteiger partial charge in [-0.1, -0.05) is 12.1 Å². The highest BCUT2D eigenvalue weighted by Crippen LogP contribution is 2.37. The predicted molar refractivity (Wildman–Crippen MR) is 158 cm³/mol. The number of hydrogen-bond acceptors (Lipinski definition) is 10. The maximum absolute atomic E-state index is 12.9. The minimum Gasteiger partial charge on any atom is -0.462 e. The first kappa shape index (κ1) is 34.0. The van der Waals surface area contributed by atoms with Crippen LogP contribution in [0, 0.1) is 17.2 Å². The van der Waals surface area contributed by atoms with Crippen molar-refractivity contribution in [3.63, 3.8) is 0 Å². The Labute approximate surface area is 263 Å². The zero-order valence-corrected chi connectivity index (χ0v) is 26.1. The molecule has 2 saturated heterocycles. The average molecular weight is 668 g/mol. The predicted octanol–water partition coefficient (Wildman–Crippen LogP) is 4.12. The molecule has 2 amide bonds. The number of anilines is 1. The standard InChI is InChI=1S/C29H32F3N5O6S2/c1-2-43-28(40)23-15-21(16-33)26(34-24(23)17-37-12-4-3-5-25(37)38)36-13-10-20(11-14-36)27(39)35-45(41,42)18-19-6-8-22(9-7-19)44-29(30,31)32/h6-9,15,20H,2-5,10-14,17-18H2,1H3,(H,35,39). The van der Waals surface area contributed by atoms with Gasteiger partial charge in [0.05, 0.1) is 35.7 Å². The number of rotatable bonds is 10. The molecule has 2 aromatic rings. The van der Waals surface area contributed by atoms with Gasteiger partial charge >= 0.3 is 11.5 Å². The van der Waals surface area contributed by atoms with Crippen molar-refractivity contribution in [1.82, 2.24) is 14.6 Å².